The van der Waals surface area contributed by atoms with Crippen molar-refractivity contribution in [2.45, 2.75) is 4.90 Å². The Morgan fingerprint density at radius 1 is 1.22 bits per heavy atom. The third kappa shape index (κ3) is 3.03. The van der Waals surface area contributed by atoms with Crippen LogP contribution >= 0.6 is 0 Å². The Morgan fingerprint density at radius 3 is 2.17 bits per heavy atom. The molecule has 0 aliphatic heterocycles. The summed E-state index contributed by atoms with van der Waals surface area (Å²) in [6.07, 6.45) is 0. The summed E-state index contributed by atoms with van der Waals surface area (Å²) in [5, 5.41) is 11.4. The molecule has 90 valence electrons. The Kier molecular flexibility index (Phi) is 4.41. The Balaban J connectivity index is 0.00000162. The fraction of sp³-hybridized carbons (Fsp3) is 0. The Bertz CT molecular complexity index is 701. The summed E-state index contributed by atoms with van der Waals surface area (Å²) < 4.78 is 33.0. The van der Waals surface area contributed by atoms with Gasteiger partial charge in [0.15, 0.2) is 0 Å². The van der Waals surface area contributed by atoms with Gasteiger partial charge in [0.1, 0.15) is 10.1 Å². The molecule has 2 N–H and O–H groups in total. The molecule has 7 nitrogen and oxygen atoms in total. The second kappa shape index (κ2) is 5.29. The second-order valence-corrected chi connectivity index (χ2v) is 4.64. The Labute approximate surface area is 124 Å². The minimum Gasteiger partial charge on any atom is -0.744 e. The fourth-order valence-electron chi connectivity index (χ4n) is 1.34. The van der Waals surface area contributed by atoms with E-state index in [0.29, 0.717) is 5.69 Å². The van der Waals surface area contributed by atoms with E-state index in [1.807, 2.05) is 0 Å². The van der Waals surface area contributed by atoms with Gasteiger partial charge in [-0.15, -0.1) is 0 Å². The molecule has 0 radical (unpaired) electrons. The van der Waals surface area contributed by atoms with Gasteiger partial charge in [0.2, 0.25) is 5.88 Å². The van der Waals surface area contributed by atoms with E-state index >= 15 is 0 Å². The van der Waals surface area contributed by atoms with E-state index in [-0.39, 0.29) is 40.3 Å². The first kappa shape index (κ1) is 15.0. The van der Waals surface area contributed by atoms with E-state index in [4.69, 9.17) is 5.11 Å². The number of aromatic hydroxyl groups is 1. The zero-order valence-electron chi connectivity index (χ0n) is 9.32. The number of hydrogen-bond acceptors (Lipinski definition) is 5. The number of aromatic nitrogens is 2. The third-order valence-electron chi connectivity index (χ3n) is 2.09. The van der Waals surface area contributed by atoms with Crippen molar-refractivity contribution in [2.75, 3.05) is 0 Å². The van der Waals surface area contributed by atoms with Crippen molar-refractivity contribution in [1.82, 2.24) is 9.78 Å². The fourth-order valence-corrected chi connectivity index (χ4v) is 1.81. The molecule has 0 atom stereocenters. The monoisotopic (exact) mass is 278 g/mol. The van der Waals surface area contributed by atoms with Crippen LogP contribution < -0.4 is 35.1 Å². The van der Waals surface area contributed by atoms with E-state index in [1.165, 1.54) is 12.1 Å². The number of aromatic amines is 1. The van der Waals surface area contributed by atoms with Crippen LogP contribution in [-0.4, -0.2) is 27.9 Å². The first-order valence-electron chi connectivity index (χ1n) is 4.45. The largest absolute Gasteiger partial charge is 1.00 e. The molecule has 0 spiro atoms. The third-order valence-corrected chi connectivity index (χ3v) is 2.94. The minimum absolute atomic E-state index is 0. The predicted octanol–water partition coefficient (Wildman–Crippen LogP) is -3.22. The molecular weight excluding hydrogens is 271 g/mol. The molecular formula is C9H7N2NaO5S. The van der Waals surface area contributed by atoms with E-state index in [1.54, 1.807) is 0 Å². The van der Waals surface area contributed by atoms with Crippen molar-refractivity contribution >= 4 is 10.1 Å². The van der Waals surface area contributed by atoms with Crippen LogP contribution in [-0.2, 0) is 10.1 Å². The smallest absolute Gasteiger partial charge is 0.744 e. The molecule has 0 saturated heterocycles. The number of H-pyrrole nitrogens is 1. The molecule has 9 heteroatoms. The van der Waals surface area contributed by atoms with Crippen LogP contribution in [0.5, 0.6) is 5.88 Å². The summed E-state index contributed by atoms with van der Waals surface area (Å²) in [4.78, 5) is 10.9. The van der Waals surface area contributed by atoms with Crippen LogP contribution in [0.1, 0.15) is 0 Å². The Hall–Kier alpha value is -1.06. The van der Waals surface area contributed by atoms with Crippen molar-refractivity contribution in [3.63, 3.8) is 0 Å². The van der Waals surface area contributed by atoms with Crippen molar-refractivity contribution in [3.05, 3.63) is 40.7 Å². The van der Waals surface area contributed by atoms with Crippen LogP contribution in [0.3, 0.4) is 0 Å². The standard InChI is InChI=1S/C9H8N2O5S.Na/c12-8-5-9(13)11(10-8)6-1-3-7(4-2-6)17(14,15)16;/h1-5,10,12H,(H,14,15,16);/q;+1/p-1. The molecule has 0 fully saturated rings. The number of rotatable bonds is 2. The molecule has 18 heavy (non-hydrogen) atoms. The number of hydrogen-bond donors (Lipinski definition) is 2. The maximum absolute atomic E-state index is 11.3. The zero-order valence-corrected chi connectivity index (χ0v) is 12.1. The summed E-state index contributed by atoms with van der Waals surface area (Å²) in [6.45, 7) is 0. The van der Waals surface area contributed by atoms with E-state index in [0.717, 1.165) is 22.9 Å². The van der Waals surface area contributed by atoms with Crippen molar-refractivity contribution < 1.29 is 47.6 Å². The normalized spacial score (nSPS) is 10.9. The summed E-state index contributed by atoms with van der Waals surface area (Å²) in [6, 6.07) is 5.70. The summed E-state index contributed by atoms with van der Waals surface area (Å²) in [7, 11) is -4.50. The molecule has 1 aromatic carbocycles. The maximum Gasteiger partial charge on any atom is 1.00 e. The van der Waals surface area contributed by atoms with Crippen LogP contribution in [0, 0.1) is 0 Å². The van der Waals surface area contributed by atoms with Gasteiger partial charge in [-0.1, -0.05) is 0 Å². The SMILES string of the molecule is O=c1cc(O)[nH]n1-c1ccc(S(=O)(=O)[O-])cc1.[Na+]. The molecule has 2 aromatic rings. The molecule has 0 aliphatic rings. The molecule has 0 aliphatic carbocycles. The van der Waals surface area contributed by atoms with Gasteiger partial charge in [0.25, 0.3) is 5.56 Å². The van der Waals surface area contributed by atoms with Crippen LogP contribution in [0.2, 0.25) is 0 Å². The van der Waals surface area contributed by atoms with E-state index < -0.39 is 15.7 Å². The topological polar surface area (TPSA) is 115 Å². The van der Waals surface area contributed by atoms with Gasteiger partial charge in [-0.25, -0.2) is 13.1 Å². The molecule has 0 saturated carbocycles. The van der Waals surface area contributed by atoms with Gasteiger partial charge < -0.3 is 9.66 Å². The van der Waals surface area contributed by atoms with Crippen LogP contribution in [0.25, 0.3) is 5.69 Å². The summed E-state index contributed by atoms with van der Waals surface area (Å²) >= 11 is 0. The summed E-state index contributed by atoms with van der Waals surface area (Å²) in [5.41, 5.74) is -0.192. The first-order valence-corrected chi connectivity index (χ1v) is 5.86. The molecule has 1 aromatic heterocycles. The van der Waals surface area contributed by atoms with E-state index in [9.17, 15) is 17.8 Å². The number of nitrogens with one attached hydrogen (secondary N) is 1. The quantitative estimate of drug-likeness (QED) is 0.443. The zero-order chi connectivity index (χ0) is 12.6. The van der Waals surface area contributed by atoms with Gasteiger partial charge >= 0.3 is 29.6 Å². The Morgan fingerprint density at radius 2 is 1.78 bits per heavy atom. The molecule has 2 rings (SSSR count). The molecule has 0 unspecified atom stereocenters. The average molecular weight is 278 g/mol. The van der Waals surface area contributed by atoms with Gasteiger partial charge in [0, 0.05) is 0 Å². The average Bonchev–Trinajstić information content (AvgIpc) is 2.57. The first-order chi connectivity index (χ1) is 7.88. The number of nitrogens with zero attached hydrogens (tertiary/aromatic N) is 1. The summed E-state index contributed by atoms with van der Waals surface area (Å²) in [5.74, 6) is -0.310. The molecule has 1 heterocycles. The number of benzene rings is 1. The second-order valence-electron chi connectivity index (χ2n) is 3.26. The van der Waals surface area contributed by atoms with Gasteiger partial charge in [-0.3, -0.25) is 9.89 Å². The van der Waals surface area contributed by atoms with Crippen LogP contribution in [0.15, 0.2) is 40.0 Å². The van der Waals surface area contributed by atoms with E-state index in [2.05, 4.69) is 5.10 Å². The minimum atomic E-state index is -4.50. The van der Waals surface area contributed by atoms with Crippen molar-refractivity contribution in [1.29, 1.82) is 0 Å². The van der Waals surface area contributed by atoms with Gasteiger partial charge in [-0.2, -0.15) is 0 Å². The van der Waals surface area contributed by atoms with Crippen molar-refractivity contribution in [3.8, 4) is 11.6 Å². The van der Waals surface area contributed by atoms with Crippen LogP contribution in [0.4, 0.5) is 0 Å². The van der Waals surface area contributed by atoms with Gasteiger partial charge in [0.05, 0.1) is 16.6 Å². The van der Waals surface area contributed by atoms with Gasteiger partial charge in [-0.05, 0) is 24.3 Å². The van der Waals surface area contributed by atoms with Crippen molar-refractivity contribution in [2.24, 2.45) is 0 Å². The maximum atomic E-state index is 11.3. The molecule has 0 amide bonds. The molecule has 0 bridgehead atoms. The predicted molar refractivity (Wildman–Crippen MR) is 56.0 cm³/mol.